The molecular weight excluding hydrogens is 344 g/mol. The third-order valence-corrected chi connectivity index (χ3v) is 5.25. The molecule has 26 heavy (non-hydrogen) atoms. The van der Waals surface area contributed by atoms with Crippen molar-refractivity contribution < 1.29 is 4.21 Å². The smallest absolute Gasteiger partial charge is 0.259 e. The summed E-state index contributed by atoms with van der Waals surface area (Å²) in [6.07, 6.45) is 1.68. The van der Waals surface area contributed by atoms with Gasteiger partial charge in [-0.25, -0.2) is 4.98 Å². The highest BCUT2D eigenvalue weighted by atomic mass is 32.2. The molecule has 0 saturated carbocycles. The molecule has 128 valence electrons. The lowest BCUT2D eigenvalue weighted by molar-refractivity contribution is 0.687. The summed E-state index contributed by atoms with van der Waals surface area (Å²) in [6, 6.07) is 22.7. The van der Waals surface area contributed by atoms with Crippen molar-refractivity contribution in [2.24, 2.45) is 0 Å². The van der Waals surface area contributed by atoms with Crippen LogP contribution in [0.1, 0.15) is 0 Å². The first-order valence-corrected chi connectivity index (χ1v) is 9.71. The van der Waals surface area contributed by atoms with E-state index in [0.29, 0.717) is 16.7 Å². The molecule has 4 aromatic rings. The fraction of sp³-hybridized carbons (Fsp3) is 0.0476. The van der Waals surface area contributed by atoms with E-state index in [1.807, 2.05) is 66.7 Å². The van der Waals surface area contributed by atoms with Gasteiger partial charge in [0.05, 0.1) is 21.7 Å². The summed E-state index contributed by atoms with van der Waals surface area (Å²) in [7, 11) is -1.06. The van der Waals surface area contributed by atoms with Gasteiger partial charge in [-0.1, -0.05) is 54.6 Å². The van der Waals surface area contributed by atoms with Gasteiger partial charge in [0.25, 0.3) is 5.56 Å². The first kappa shape index (κ1) is 16.4. The molecule has 0 fully saturated rings. The van der Waals surface area contributed by atoms with Gasteiger partial charge in [0.1, 0.15) is 5.82 Å². The molecule has 0 amide bonds. The van der Waals surface area contributed by atoms with Crippen molar-refractivity contribution in [3.8, 4) is 22.5 Å². The zero-order valence-corrected chi connectivity index (χ0v) is 14.9. The van der Waals surface area contributed by atoms with Crippen molar-refractivity contribution in [1.82, 2.24) is 9.97 Å². The summed E-state index contributed by atoms with van der Waals surface area (Å²) >= 11 is 0. The number of rotatable bonds is 3. The van der Waals surface area contributed by atoms with Crippen LogP contribution in [0.3, 0.4) is 0 Å². The Morgan fingerprint density at radius 1 is 0.846 bits per heavy atom. The molecule has 0 radical (unpaired) electrons. The molecule has 1 unspecified atom stereocenters. The highest BCUT2D eigenvalue weighted by Gasteiger charge is 2.09. The van der Waals surface area contributed by atoms with Gasteiger partial charge < -0.3 is 4.98 Å². The summed E-state index contributed by atoms with van der Waals surface area (Å²) in [6.45, 7) is 0. The highest BCUT2D eigenvalue weighted by molar-refractivity contribution is 7.84. The molecule has 0 aliphatic heterocycles. The monoisotopic (exact) mass is 360 g/mol. The van der Waals surface area contributed by atoms with Crippen LogP contribution in [0, 0.1) is 0 Å². The Labute approximate surface area is 153 Å². The van der Waals surface area contributed by atoms with Crippen LogP contribution in [0.2, 0.25) is 0 Å². The molecule has 1 aromatic heterocycles. The van der Waals surface area contributed by atoms with Crippen LogP contribution < -0.4 is 5.56 Å². The average Bonchev–Trinajstić information content (AvgIpc) is 2.68. The number of H-pyrrole nitrogens is 1. The largest absolute Gasteiger partial charge is 0.306 e. The summed E-state index contributed by atoms with van der Waals surface area (Å²) in [5, 5.41) is 0.576. The SMILES string of the molecule is CS(=O)c1ccccc1-c1ccc(-c2nc3ccccc3c(=O)[nH]2)cc1. The molecule has 4 rings (SSSR count). The van der Waals surface area contributed by atoms with E-state index < -0.39 is 10.8 Å². The summed E-state index contributed by atoms with van der Waals surface area (Å²) < 4.78 is 12.0. The van der Waals surface area contributed by atoms with Crippen molar-refractivity contribution in [2.75, 3.05) is 6.26 Å². The Balaban J connectivity index is 1.78. The molecule has 1 N–H and O–H groups in total. The molecule has 5 heteroatoms. The van der Waals surface area contributed by atoms with Crippen molar-refractivity contribution in [1.29, 1.82) is 0 Å². The van der Waals surface area contributed by atoms with E-state index in [1.54, 1.807) is 12.3 Å². The Morgan fingerprint density at radius 2 is 1.50 bits per heavy atom. The molecule has 0 aliphatic carbocycles. The van der Waals surface area contributed by atoms with Gasteiger partial charge in [0, 0.05) is 16.7 Å². The maximum absolute atomic E-state index is 12.3. The quantitative estimate of drug-likeness (QED) is 0.601. The first-order valence-electron chi connectivity index (χ1n) is 8.16. The third-order valence-electron chi connectivity index (χ3n) is 4.28. The number of fused-ring (bicyclic) bond motifs is 1. The molecular formula is C21H16N2O2S. The Hall–Kier alpha value is -3.05. The van der Waals surface area contributed by atoms with E-state index in [2.05, 4.69) is 9.97 Å². The number of hydrogen-bond donors (Lipinski definition) is 1. The minimum absolute atomic E-state index is 0.151. The number of nitrogens with zero attached hydrogens (tertiary/aromatic N) is 1. The zero-order chi connectivity index (χ0) is 18.1. The minimum atomic E-state index is -1.06. The Kier molecular flexibility index (Phi) is 4.22. The van der Waals surface area contributed by atoms with Crippen molar-refractivity contribution >= 4 is 21.7 Å². The van der Waals surface area contributed by atoms with Crippen LogP contribution in [0.25, 0.3) is 33.4 Å². The van der Waals surface area contributed by atoms with E-state index in [-0.39, 0.29) is 5.56 Å². The predicted octanol–water partition coefficient (Wildman–Crippen LogP) is 3.99. The maximum atomic E-state index is 12.3. The lowest BCUT2D eigenvalue weighted by Gasteiger charge is -2.08. The van der Waals surface area contributed by atoms with Crippen molar-refractivity contribution in [3.05, 3.63) is 83.2 Å². The van der Waals surface area contributed by atoms with Gasteiger partial charge >= 0.3 is 0 Å². The Bertz CT molecular complexity index is 1180. The van der Waals surface area contributed by atoms with Gasteiger partial charge in [-0.2, -0.15) is 0 Å². The highest BCUT2D eigenvalue weighted by Crippen LogP contribution is 2.27. The number of aromatic amines is 1. The van der Waals surface area contributed by atoms with Crippen LogP contribution in [0.15, 0.2) is 82.5 Å². The zero-order valence-electron chi connectivity index (χ0n) is 14.1. The second-order valence-corrected chi connectivity index (χ2v) is 7.31. The fourth-order valence-electron chi connectivity index (χ4n) is 2.99. The van der Waals surface area contributed by atoms with Crippen molar-refractivity contribution in [2.45, 2.75) is 4.90 Å². The second kappa shape index (κ2) is 6.69. The molecule has 0 saturated heterocycles. The molecule has 0 spiro atoms. The summed E-state index contributed by atoms with van der Waals surface area (Å²) in [5.41, 5.74) is 3.26. The number of nitrogens with one attached hydrogen (secondary N) is 1. The van der Waals surface area contributed by atoms with Gasteiger partial charge in [0.15, 0.2) is 0 Å². The van der Waals surface area contributed by atoms with Crippen LogP contribution in [0.5, 0.6) is 0 Å². The van der Waals surface area contributed by atoms with Crippen molar-refractivity contribution in [3.63, 3.8) is 0 Å². The van der Waals surface area contributed by atoms with Gasteiger partial charge in [-0.3, -0.25) is 9.00 Å². The van der Waals surface area contributed by atoms with E-state index >= 15 is 0 Å². The number of hydrogen-bond acceptors (Lipinski definition) is 3. The van der Waals surface area contributed by atoms with E-state index in [1.165, 1.54) is 0 Å². The predicted molar refractivity (Wildman–Crippen MR) is 106 cm³/mol. The molecule has 3 aromatic carbocycles. The maximum Gasteiger partial charge on any atom is 0.259 e. The first-order chi connectivity index (χ1) is 12.6. The summed E-state index contributed by atoms with van der Waals surface area (Å²) in [5.74, 6) is 0.535. The van der Waals surface area contributed by atoms with E-state index in [0.717, 1.165) is 21.6 Å². The molecule has 0 aliphatic rings. The Morgan fingerprint density at radius 3 is 2.27 bits per heavy atom. The van der Waals surface area contributed by atoms with Gasteiger partial charge in [0.2, 0.25) is 0 Å². The van der Waals surface area contributed by atoms with Crippen LogP contribution in [-0.2, 0) is 10.8 Å². The second-order valence-electron chi connectivity index (χ2n) is 5.96. The van der Waals surface area contributed by atoms with Crippen LogP contribution in [-0.4, -0.2) is 20.4 Å². The molecule has 4 nitrogen and oxygen atoms in total. The summed E-state index contributed by atoms with van der Waals surface area (Å²) in [4.78, 5) is 20.4. The molecule has 1 heterocycles. The standard InChI is InChI=1S/C21H16N2O2S/c1-26(25)19-9-5-3-6-16(19)14-10-12-15(13-11-14)20-22-18-8-4-2-7-17(18)21(24)23-20/h2-13H,1H3,(H,22,23,24). The normalized spacial score (nSPS) is 12.2. The number of para-hydroxylation sites is 1. The average molecular weight is 360 g/mol. The molecule has 1 atom stereocenters. The van der Waals surface area contributed by atoms with E-state index in [4.69, 9.17) is 0 Å². The molecule has 0 bridgehead atoms. The van der Waals surface area contributed by atoms with Gasteiger partial charge in [-0.15, -0.1) is 0 Å². The van der Waals surface area contributed by atoms with Crippen LogP contribution >= 0.6 is 0 Å². The number of benzene rings is 3. The lowest BCUT2D eigenvalue weighted by atomic mass is 10.0. The topological polar surface area (TPSA) is 62.8 Å². The van der Waals surface area contributed by atoms with E-state index in [9.17, 15) is 9.00 Å². The van der Waals surface area contributed by atoms with Crippen LogP contribution in [0.4, 0.5) is 0 Å². The number of aromatic nitrogens is 2. The fourth-order valence-corrected chi connectivity index (χ4v) is 3.75. The lowest BCUT2D eigenvalue weighted by Crippen LogP contribution is -2.09. The minimum Gasteiger partial charge on any atom is -0.306 e. The van der Waals surface area contributed by atoms with Gasteiger partial charge in [-0.05, 0) is 29.3 Å². The third kappa shape index (κ3) is 2.97.